The van der Waals surface area contributed by atoms with Crippen molar-refractivity contribution in [2.24, 2.45) is 5.73 Å². The minimum absolute atomic E-state index is 0.0345. The van der Waals surface area contributed by atoms with E-state index >= 15 is 0 Å². The lowest BCUT2D eigenvalue weighted by molar-refractivity contribution is 0.755. The van der Waals surface area contributed by atoms with Gasteiger partial charge in [0.2, 0.25) is 0 Å². The molecule has 0 fully saturated rings. The van der Waals surface area contributed by atoms with E-state index in [4.69, 9.17) is 5.73 Å². The van der Waals surface area contributed by atoms with Crippen molar-refractivity contribution in [1.82, 2.24) is 9.97 Å². The summed E-state index contributed by atoms with van der Waals surface area (Å²) in [6, 6.07) is 16.4. The standard InChI is InChI=1S/C16H15N3/c17-11-15(16-18-9-4-10-19-16)14-8-3-6-12-5-1-2-7-13(12)14/h1-10,15H,11,17H2. The van der Waals surface area contributed by atoms with Gasteiger partial charge in [0, 0.05) is 18.9 Å². The molecule has 0 spiro atoms. The molecule has 3 aromatic rings. The second-order valence-electron chi connectivity index (χ2n) is 4.46. The average molecular weight is 249 g/mol. The lowest BCUT2D eigenvalue weighted by atomic mass is 9.93. The van der Waals surface area contributed by atoms with Gasteiger partial charge >= 0.3 is 0 Å². The Morgan fingerprint density at radius 3 is 2.42 bits per heavy atom. The lowest BCUT2D eigenvalue weighted by Gasteiger charge is -2.16. The number of nitrogens with zero attached hydrogens (tertiary/aromatic N) is 2. The van der Waals surface area contributed by atoms with Gasteiger partial charge < -0.3 is 5.73 Å². The third kappa shape index (κ3) is 2.20. The van der Waals surface area contributed by atoms with Gasteiger partial charge in [0.05, 0.1) is 5.92 Å². The summed E-state index contributed by atoms with van der Waals surface area (Å²) in [4.78, 5) is 8.68. The predicted molar refractivity (Wildman–Crippen MR) is 76.9 cm³/mol. The maximum Gasteiger partial charge on any atom is 0.136 e. The van der Waals surface area contributed by atoms with Crippen molar-refractivity contribution in [3.8, 4) is 0 Å². The maximum absolute atomic E-state index is 5.95. The van der Waals surface area contributed by atoms with E-state index in [1.54, 1.807) is 12.4 Å². The summed E-state index contributed by atoms with van der Waals surface area (Å²) in [7, 11) is 0. The predicted octanol–water partition coefficient (Wildman–Crippen LogP) is 2.72. The number of benzene rings is 2. The molecule has 2 aromatic carbocycles. The fourth-order valence-corrected chi connectivity index (χ4v) is 2.42. The molecule has 1 atom stereocenters. The summed E-state index contributed by atoms with van der Waals surface area (Å²) in [5.41, 5.74) is 7.13. The molecule has 0 aliphatic heterocycles. The van der Waals surface area contributed by atoms with Gasteiger partial charge in [-0.3, -0.25) is 0 Å². The van der Waals surface area contributed by atoms with Gasteiger partial charge in [-0.05, 0) is 22.4 Å². The first-order valence-corrected chi connectivity index (χ1v) is 6.35. The van der Waals surface area contributed by atoms with E-state index in [-0.39, 0.29) is 5.92 Å². The van der Waals surface area contributed by atoms with Crippen LogP contribution in [0.25, 0.3) is 10.8 Å². The van der Waals surface area contributed by atoms with Crippen molar-refractivity contribution in [3.05, 3.63) is 72.3 Å². The molecule has 3 nitrogen and oxygen atoms in total. The van der Waals surface area contributed by atoms with Crippen molar-refractivity contribution in [3.63, 3.8) is 0 Å². The van der Waals surface area contributed by atoms with Crippen LogP contribution in [0.1, 0.15) is 17.3 Å². The van der Waals surface area contributed by atoms with Gasteiger partial charge in [-0.25, -0.2) is 9.97 Å². The molecule has 0 bridgehead atoms. The van der Waals surface area contributed by atoms with E-state index in [1.165, 1.54) is 16.3 Å². The quantitative estimate of drug-likeness (QED) is 0.776. The van der Waals surface area contributed by atoms with Crippen LogP contribution in [0.5, 0.6) is 0 Å². The van der Waals surface area contributed by atoms with E-state index < -0.39 is 0 Å². The van der Waals surface area contributed by atoms with Crippen LogP contribution in [-0.4, -0.2) is 16.5 Å². The molecule has 1 unspecified atom stereocenters. The topological polar surface area (TPSA) is 51.8 Å². The molecule has 2 N–H and O–H groups in total. The Kier molecular flexibility index (Phi) is 3.21. The number of nitrogens with two attached hydrogens (primary N) is 1. The minimum atomic E-state index is 0.0345. The van der Waals surface area contributed by atoms with Crippen LogP contribution in [0.4, 0.5) is 0 Å². The summed E-state index contributed by atoms with van der Waals surface area (Å²) < 4.78 is 0. The fourth-order valence-electron chi connectivity index (χ4n) is 2.42. The van der Waals surface area contributed by atoms with Gasteiger partial charge in [-0.1, -0.05) is 42.5 Å². The van der Waals surface area contributed by atoms with Crippen LogP contribution in [0.3, 0.4) is 0 Å². The smallest absolute Gasteiger partial charge is 0.136 e. The van der Waals surface area contributed by atoms with Crippen molar-refractivity contribution in [2.45, 2.75) is 5.92 Å². The van der Waals surface area contributed by atoms with Gasteiger partial charge in [0.1, 0.15) is 5.82 Å². The average Bonchev–Trinajstić information content (AvgIpc) is 2.49. The Morgan fingerprint density at radius 2 is 1.63 bits per heavy atom. The van der Waals surface area contributed by atoms with Crippen LogP contribution in [0, 0.1) is 0 Å². The van der Waals surface area contributed by atoms with Crippen LogP contribution in [0.15, 0.2) is 60.9 Å². The monoisotopic (exact) mass is 249 g/mol. The van der Waals surface area contributed by atoms with E-state index in [2.05, 4.69) is 40.3 Å². The molecule has 1 heterocycles. The lowest BCUT2D eigenvalue weighted by Crippen LogP contribution is -2.16. The second kappa shape index (κ2) is 5.16. The first-order chi connectivity index (χ1) is 9.40. The molecular formula is C16H15N3. The number of hydrogen-bond donors (Lipinski definition) is 1. The highest BCUT2D eigenvalue weighted by molar-refractivity contribution is 5.86. The van der Waals surface area contributed by atoms with E-state index in [9.17, 15) is 0 Å². The highest BCUT2D eigenvalue weighted by atomic mass is 14.9. The Labute approximate surface area is 112 Å². The molecule has 1 aromatic heterocycles. The van der Waals surface area contributed by atoms with Crippen molar-refractivity contribution in [2.75, 3.05) is 6.54 Å². The molecular weight excluding hydrogens is 234 g/mol. The Bertz CT molecular complexity index is 674. The third-order valence-corrected chi connectivity index (χ3v) is 3.33. The zero-order valence-corrected chi connectivity index (χ0v) is 10.5. The van der Waals surface area contributed by atoms with Crippen LogP contribution in [-0.2, 0) is 0 Å². The molecule has 3 heteroatoms. The van der Waals surface area contributed by atoms with Gasteiger partial charge in [0.15, 0.2) is 0 Å². The van der Waals surface area contributed by atoms with Crippen LogP contribution >= 0.6 is 0 Å². The summed E-state index contributed by atoms with van der Waals surface area (Å²) in [6.07, 6.45) is 3.52. The number of fused-ring (bicyclic) bond motifs is 1. The zero-order chi connectivity index (χ0) is 13.1. The van der Waals surface area contributed by atoms with Gasteiger partial charge in [0.25, 0.3) is 0 Å². The van der Waals surface area contributed by atoms with Crippen molar-refractivity contribution < 1.29 is 0 Å². The van der Waals surface area contributed by atoms with E-state index in [0.717, 1.165) is 5.82 Å². The first kappa shape index (κ1) is 11.8. The second-order valence-corrected chi connectivity index (χ2v) is 4.46. The Morgan fingerprint density at radius 1 is 0.895 bits per heavy atom. The van der Waals surface area contributed by atoms with Crippen LogP contribution < -0.4 is 5.73 Å². The highest BCUT2D eigenvalue weighted by Gasteiger charge is 2.17. The van der Waals surface area contributed by atoms with Gasteiger partial charge in [-0.15, -0.1) is 0 Å². The molecule has 0 radical (unpaired) electrons. The third-order valence-electron chi connectivity index (χ3n) is 3.33. The minimum Gasteiger partial charge on any atom is -0.329 e. The normalized spacial score (nSPS) is 12.5. The van der Waals surface area contributed by atoms with Gasteiger partial charge in [-0.2, -0.15) is 0 Å². The first-order valence-electron chi connectivity index (χ1n) is 6.35. The van der Waals surface area contributed by atoms with Crippen molar-refractivity contribution in [1.29, 1.82) is 0 Å². The molecule has 3 rings (SSSR count). The fraction of sp³-hybridized carbons (Fsp3) is 0.125. The highest BCUT2D eigenvalue weighted by Crippen LogP contribution is 2.28. The largest absolute Gasteiger partial charge is 0.329 e. The zero-order valence-electron chi connectivity index (χ0n) is 10.5. The van der Waals surface area contributed by atoms with E-state index in [1.807, 2.05) is 18.2 Å². The molecule has 0 saturated carbocycles. The summed E-state index contributed by atoms with van der Waals surface area (Å²) in [5.74, 6) is 0.814. The van der Waals surface area contributed by atoms with Crippen molar-refractivity contribution >= 4 is 10.8 Å². The molecule has 0 amide bonds. The summed E-state index contributed by atoms with van der Waals surface area (Å²) in [6.45, 7) is 0.498. The maximum atomic E-state index is 5.95. The molecule has 0 aliphatic carbocycles. The molecule has 0 saturated heterocycles. The molecule has 19 heavy (non-hydrogen) atoms. The number of aromatic nitrogens is 2. The Balaban J connectivity index is 2.17. The molecule has 94 valence electrons. The van der Waals surface area contributed by atoms with Crippen LogP contribution in [0.2, 0.25) is 0 Å². The molecule has 0 aliphatic rings. The number of hydrogen-bond acceptors (Lipinski definition) is 3. The Hall–Kier alpha value is -2.26. The van der Waals surface area contributed by atoms with E-state index in [0.29, 0.717) is 6.54 Å². The summed E-state index contributed by atoms with van der Waals surface area (Å²) >= 11 is 0. The summed E-state index contributed by atoms with van der Waals surface area (Å²) in [5, 5.41) is 2.43. The SMILES string of the molecule is NCC(c1ncccn1)c1cccc2ccccc12. The number of rotatable bonds is 3.